The van der Waals surface area contributed by atoms with Gasteiger partial charge in [0.1, 0.15) is 0 Å². The molecule has 3 unspecified atom stereocenters. The highest BCUT2D eigenvalue weighted by atomic mass is 15.2. The lowest BCUT2D eigenvalue weighted by molar-refractivity contribution is 0.0836. The molecule has 1 saturated heterocycles. The zero-order valence-electron chi connectivity index (χ0n) is 9.96. The summed E-state index contributed by atoms with van der Waals surface area (Å²) in [4.78, 5) is 2.57. The van der Waals surface area contributed by atoms with Gasteiger partial charge in [0.15, 0.2) is 0 Å². The molecule has 1 fully saturated rings. The van der Waals surface area contributed by atoms with E-state index in [0.29, 0.717) is 24.0 Å². The maximum Gasteiger partial charge on any atom is 0.0251 e. The second-order valence-electron chi connectivity index (χ2n) is 4.79. The second kappa shape index (κ2) is 4.94. The van der Waals surface area contributed by atoms with Crippen LogP contribution in [0.2, 0.25) is 0 Å². The van der Waals surface area contributed by atoms with Gasteiger partial charge in [-0.3, -0.25) is 4.90 Å². The van der Waals surface area contributed by atoms with Crippen molar-refractivity contribution in [3.8, 4) is 0 Å². The number of nitrogens with one attached hydrogen (secondary N) is 1. The van der Waals surface area contributed by atoms with Crippen molar-refractivity contribution < 1.29 is 0 Å². The molecule has 0 bridgehead atoms. The Labute approximate surface area is 88.4 Å². The molecular formula is C12H24N2. The van der Waals surface area contributed by atoms with Crippen LogP contribution < -0.4 is 5.32 Å². The highest BCUT2D eigenvalue weighted by Gasteiger charge is 2.29. The van der Waals surface area contributed by atoms with Crippen molar-refractivity contribution in [2.24, 2.45) is 5.92 Å². The van der Waals surface area contributed by atoms with Crippen LogP contribution in [0.1, 0.15) is 27.7 Å². The first-order chi connectivity index (χ1) is 6.56. The van der Waals surface area contributed by atoms with Crippen LogP contribution in [0.15, 0.2) is 12.7 Å². The minimum atomic E-state index is 0.493. The monoisotopic (exact) mass is 196 g/mol. The fourth-order valence-electron chi connectivity index (χ4n) is 2.18. The van der Waals surface area contributed by atoms with Crippen LogP contribution in [0.4, 0.5) is 0 Å². The summed E-state index contributed by atoms with van der Waals surface area (Å²) in [7, 11) is 0. The SMILES string of the molecule is C=CC(C)N1CC(C)NCC1C(C)C. The van der Waals surface area contributed by atoms with Crippen molar-refractivity contribution in [2.45, 2.75) is 45.8 Å². The largest absolute Gasteiger partial charge is 0.311 e. The molecule has 14 heavy (non-hydrogen) atoms. The van der Waals surface area contributed by atoms with Gasteiger partial charge in [-0.25, -0.2) is 0 Å². The van der Waals surface area contributed by atoms with Crippen molar-refractivity contribution in [3.63, 3.8) is 0 Å². The average molecular weight is 196 g/mol. The molecule has 1 aliphatic heterocycles. The molecule has 2 heteroatoms. The summed E-state index contributed by atoms with van der Waals surface area (Å²) < 4.78 is 0. The fraction of sp³-hybridized carbons (Fsp3) is 0.833. The van der Waals surface area contributed by atoms with Crippen LogP contribution >= 0.6 is 0 Å². The van der Waals surface area contributed by atoms with E-state index in [0.717, 1.165) is 13.1 Å². The molecule has 0 aromatic carbocycles. The van der Waals surface area contributed by atoms with Crippen molar-refractivity contribution in [3.05, 3.63) is 12.7 Å². The second-order valence-corrected chi connectivity index (χ2v) is 4.79. The van der Waals surface area contributed by atoms with Gasteiger partial charge in [-0.15, -0.1) is 6.58 Å². The lowest BCUT2D eigenvalue weighted by Gasteiger charge is -2.44. The minimum absolute atomic E-state index is 0.493. The third kappa shape index (κ3) is 2.58. The topological polar surface area (TPSA) is 15.3 Å². The first-order valence-corrected chi connectivity index (χ1v) is 5.68. The first kappa shape index (κ1) is 11.7. The molecule has 0 aromatic rings. The van der Waals surface area contributed by atoms with E-state index in [2.05, 4.69) is 44.5 Å². The first-order valence-electron chi connectivity index (χ1n) is 5.68. The number of hydrogen-bond donors (Lipinski definition) is 1. The van der Waals surface area contributed by atoms with Gasteiger partial charge >= 0.3 is 0 Å². The summed E-state index contributed by atoms with van der Waals surface area (Å²) in [6.45, 7) is 15.2. The number of hydrogen-bond acceptors (Lipinski definition) is 2. The summed E-state index contributed by atoms with van der Waals surface area (Å²) in [6.07, 6.45) is 2.05. The Morgan fingerprint density at radius 3 is 2.57 bits per heavy atom. The van der Waals surface area contributed by atoms with E-state index in [1.165, 1.54) is 0 Å². The summed E-state index contributed by atoms with van der Waals surface area (Å²) in [5, 5.41) is 3.55. The molecule has 1 heterocycles. The Bertz CT molecular complexity index is 189. The van der Waals surface area contributed by atoms with Crippen molar-refractivity contribution in [2.75, 3.05) is 13.1 Å². The van der Waals surface area contributed by atoms with E-state index in [-0.39, 0.29) is 0 Å². The van der Waals surface area contributed by atoms with Crippen LogP contribution in [-0.2, 0) is 0 Å². The average Bonchev–Trinajstić information content (AvgIpc) is 2.16. The molecule has 1 rings (SSSR count). The molecule has 82 valence electrons. The van der Waals surface area contributed by atoms with Crippen molar-refractivity contribution in [1.82, 2.24) is 10.2 Å². The van der Waals surface area contributed by atoms with Gasteiger partial charge < -0.3 is 5.32 Å². The van der Waals surface area contributed by atoms with Gasteiger partial charge in [-0.1, -0.05) is 19.9 Å². The van der Waals surface area contributed by atoms with E-state index in [1.807, 2.05) is 6.08 Å². The van der Waals surface area contributed by atoms with Gasteiger partial charge in [0, 0.05) is 31.2 Å². The van der Waals surface area contributed by atoms with Crippen LogP contribution in [0, 0.1) is 5.92 Å². The van der Waals surface area contributed by atoms with E-state index in [9.17, 15) is 0 Å². The fourth-order valence-corrected chi connectivity index (χ4v) is 2.18. The molecule has 0 aliphatic carbocycles. The van der Waals surface area contributed by atoms with Gasteiger partial charge in [0.05, 0.1) is 0 Å². The third-order valence-electron chi connectivity index (χ3n) is 3.22. The standard InChI is InChI=1S/C12H24N2/c1-6-11(5)14-8-10(4)13-7-12(14)9(2)3/h6,9-13H,1,7-8H2,2-5H3. The van der Waals surface area contributed by atoms with Crippen LogP contribution in [0.25, 0.3) is 0 Å². The summed E-state index contributed by atoms with van der Waals surface area (Å²) in [6, 6.07) is 1.75. The molecule has 1 N–H and O–H groups in total. The third-order valence-corrected chi connectivity index (χ3v) is 3.22. The zero-order valence-corrected chi connectivity index (χ0v) is 9.96. The minimum Gasteiger partial charge on any atom is -0.311 e. The molecule has 2 nitrogen and oxygen atoms in total. The predicted octanol–water partition coefficient (Wildman–Crippen LogP) is 1.88. The normalized spacial score (nSPS) is 31.8. The van der Waals surface area contributed by atoms with E-state index < -0.39 is 0 Å². The van der Waals surface area contributed by atoms with Crippen molar-refractivity contribution >= 4 is 0 Å². The van der Waals surface area contributed by atoms with Crippen LogP contribution in [-0.4, -0.2) is 36.1 Å². The highest BCUT2D eigenvalue weighted by Crippen LogP contribution is 2.18. The molecule has 0 spiro atoms. The lowest BCUT2D eigenvalue weighted by atomic mass is 9.97. The van der Waals surface area contributed by atoms with Gasteiger partial charge in [0.25, 0.3) is 0 Å². The van der Waals surface area contributed by atoms with E-state index >= 15 is 0 Å². The molecule has 0 radical (unpaired) electrons. The maximum absolute atomic E-state index is 3.89. The van der Waals surface area contributed by atoms with E-state index in [1.54, 1.807) is 0 Å². The molecule has 3 atom stereocenters. The number of rotatable bonds is 3. The molecule has 0 saturated carbocycles. The Morgan fingerprint density at radius 2 is 2.07 bits per heavy atom. The Kier molecular flexibility index (Phi) is 4.14. The number of piperazine rings is 1. The number of nitrogens with zero attached hydrogens (tertiary/aromatic N) is 1. The van der Waals surface area contributed by atoms with Gasteiger partial charge in [0.2, 0.25) is 0 Å². The quantitative estimate of drug-likeness (QED) is 0.693. The smallest absolute Gasteiger partial charge is 0.0251 e. The predicted molar refractivity (Wildman–Crippen MR) is 62.5 cm³/mol. The zero-order chi connectivity index (χ0) is 10.7. The lowest BCUT2D eigenvalue weighted by Crippen LogP contribution is -2.59. The van der Waals surface area contributed by atoms with E-state index in [4.69, 9.17) is 0 Å². The van der Waals surface area contributed by atoms with Crippen LogP contribution in [0.3, 0.4) is 0 Å². The van der Waals surface area contributed by atoms with Crippen molar-refractivity contribution in [1.29, 1.82) is 0 Å². The molecule has 0 amide bonds. The maximum atomic E-state index is 3.89. The molecule has 0 aromatic heterocycles. The summed E-state index contributed by atoms with van der Waals surface area (Å²) in [5.74, 6) is 0.706. The van der Waals surface area contributed by atoms with Crippen LogP contribution in [0.5, 0.6) is 0 Å². The Hall–Kier alpha value is -0.340. The van der Waals surface area contributed by atoms with Gasteiger partial charge in [-0.05, 0) is 19.8 Å². The Morgan fingerprint density at radius 1 is 1.43 bits per heavy atom. The summed E-state index contributed by atoms with van der Waals surface area (Å²) in [5.41, 5.74) is 0. The molecule has 1 aliphatic rings. The highest BCUT2D eigenvalue weighted by molar-refractivity contribution is 4.94. The summed E-state index contributed by atoms with van der Waals surface area (Å²) >= 11 is 0. The Balaban J connectivity index is 2.68. The molecular weight excluding hydrogens is 172 g/mol. The van der Waals surface area contributed by atoms with Gasteiger partial charge in [-0.2, -0.15) is 0 Å².